The van der Waals surface area contributed by atoms with E-state index in [2.05, 4.69) is 4.98 Å². The van der Waals surface area contributed by atoms with Gasteiger partial charge in [0.2, 0.25) is 0 Å². The minimum Gasteiger partial charge on any atom is -0.460 e. The minimum atomic E-state index is -0.329. The van der Waals surface area contributed by atoms with Gasteiger partial charge in [0.25, 0.3) is 5.91 Å². The van der Waals surface area contributed by atoms with E-state index in [1.807, 2.05) is 35.2 Å². The van der Waals surface area contributed by atoms with Gasteiger partial charge in [-0.05, 0) is 36.2 Å². The van der Waals surface area contributed by atoms with E-state index in [-0.39, 0.29) is 30.8 Å². The zero-order chi connectivity index (χ0) is 20.9. The Bertz CT molecular complexity index is 1030. The number of hydrogen-bond donors (Lipinski definition) is 1. The summed E-state index contributed by atoms with van der Waals surface area (Å²) in [6.45, 7) is 2.93. The number of fused-ring (bicyclic) bond motifs is 1. The molecule has 2 aromatic carbocycles. The first-order valence-corrected chi connectivity index (χ1v) is 10.1. The summed E-state index contributed by atoms with van der Waals surface area (Å²) in [6.07, 6.45) is 0.770. The number of aromatic nitrogens is 1. The van der Waals surface area contributed by atoms with Crippen molar-refractivity contribution in [3.05, 3.63) is 71.7 Å². The Morgan fingerprint density at radius 2 is 1.83 bits per heavy atom. The van der Waals surface area contributed by atoms with Crippen molar-refractivity contribution < 1.29 is 18.7 Å². The highest BCUT2D eigenvalue weighted by Gasteiger charge is 2.23. The third-order valence-corrected chi connectivity index (χ3v) is 5.28. The summed E-state index contributed by atoms with van der Waals surface area (Å²) < 4.78 is 18.8. The quantitative estimate of drug-likeness (QED) is 0.658. The van der Waals surface area contributed by atoms with Crippen LogP contribution in [-0.4, -0.2) is 59.4 Å². The van der Waals surface area contributed by atoms with Gasteiger partial charge in [-0.2, -0.15) is 0 Å². The molecule has 1 aliphatic heterocycles. The molecule has 2 heterocycles. The number of esters is 1. The fraction of sp³-hybridized carbons (Fsp3) is 0.304. The molecule has 6 nitrogen and oxygen atoms in total. The van der Waals surface area contributed by atoms with Crippen LogP contribution in [0.15, 0.2) is 54.6 Å². The van der Waals surface area contributed by atoms with Crippen LogP contribution in [0.5, 0.6) is 0 Å². The van der Waals surface area contributed by atoms with Crippen molar-refractivity contribution in [2.45, 2.75) is 13.0 Å². The van der Waals surface area contributed by atoms with E-state index >= 15 is 0 Å². The van der Waals surface area contributed by atoms with E-state index in [9.17, 15) is 14.0 Å². The summed E-state index contributed by atoms with van der Waals surface area (Å²) in [4.78, 5) is 31.9. The summed E-state index contributed by atoms with van der Waals surface area (Å²) in [5, 5.41) is 0.677. The molecule has 0 spiro atoms. The molecular weight excluding hydrogens is 385 g/mol. The number of aromatic amines is 1. The number of carbonyl (C=O) groups is 2. The van der Waals surface area contributed by atoms with Gasteiger partial charge in [0.1, 0.15) is 18.1 Å². The van der Waals surface area contributed by atoms with Crippen LogP contribution in [0.3, 0.4) is 0 Å². The number of amides is 1. The van der Waals surface area contributed by atoms with Crippen molar-refractivity contribution in [1.82, 2.24) is 14.8 Å². The lowest BCUT2D eigenvalue weighted by Gasteiger charge is -2.21. The maximum absolute atomic E-state index is 13.4. The maximum atomic E-state index is 13.4. The molecule has 4 rings (SSSR count). The van der Waals surface area contributed by atoms with E-state index in [0.29, 0.717) is 30.7 Å². The zero-order valence-electron chi connectivity index (χ0n) is 16.6. The number of nitrogens with one attached hydrogen (secondary N) is 1. The van der Waals surface area contributed by atoms with Crippen LogP contribution in [0, 0.1) is 5.82 Å². The number of hydrogen-bond acceptors (Lipinski definition) is 4. The van der Waals surface area contributed by atoms with Crippen molar-refractivity contribution >= 4 is 22.8 Å². The largest absolute Gasteiger partial charge is 0.460 e. The lowest BCUT2D eigenvalue weighted by atomic mass is 10.2. The lowest BCUT2D eigenvalue weighted by molar-refractivity contribution is -0.146. The Hall–Kier alpha value is -3.19. The molecule has 0 aliphatic carbocycles. The van der Waals surface area contributed by atoms with Gasteiger partial charge in [-0.25, -0.2) is 4.39 Å². The highest BCUT2D eigenvalue weighted by atomic mass is 19.1. The molecule has 156 valence electrons. The standard InChI is InChI=1S/C23H24FN3O3/c24-19-7-8-20-18(13-19)14-21(25-20)23(29)27-10-4-9-26(11-12-27)15-22(28)30-16-17-5-2-1-3-6-17/h1-3,5-8,13-14,25H,4,9-12,15-16H2. The van der Waals surface area contributed by atoms with Gasteiger partial charge in [0.15, 0.2) is 0 Å². The molecule has 30 heavy (non-hydrogen) atoms. The summed E-state index contributed by atoms with van der Waals surface area (Å²) in [5.74, 6) is -0.707. The number of H-pyrrole nitrogens is 1. The molecule has 1 aliphatic rings. The summed E-state index contributed by atoms with van der Waals surface area (Å²) in [7, 11) is 0. The molecule has 0 unspecified atom stereocenters. The normalized spacial score (nSPS) is 15.2. The van der Waals surface area contributed by atoms with E-state index in [4.69, 9.17) is 4.74 Å². The topological polar surface area (TPSA) is 65.6 Å². The predicted octanol–water partition coefficient (Wildman–Crippen LogP) is 3.20. The third-order valence-electron chi connectivity index (χ3n) is 5.28. The maximum Gasteiger partial charge on any atom is 0.320 e. The van der Waals surface area contributed by atoms with Gasteiger partial charge in [0, 0.05) is 37.1 Å². The Labute approximate surface area is 174 Å². The average Bonchev–Trinajstić information content (AvgIpc) is 3.03. The van der Waals surface area contributed by atoms with E-state index < -0.39 is 0 Å². The van der Waals surface area contributed by atoms with Crippen molar-refractivity contribution in [3.63, 3.8) is 0 Å². The van der Waals surface area contributed by atoms with Crippen LogP contribution >= 0.6 is 0 Å². The van der Waals surface area contributed by atoms with Gasteiger partial charge in [0.05, 0.1) is 6.54 Å². The number of rotatable bonds is 5. The van der Waals surface area contributed by atoms with Crippen LogP contribution in [-0.2, 0) is 16.1 Å². The van der Waals surface area contributed by atoms with Gasteiger partial charge in [-0.15, -0.1) is 0 Å². The SMILES string of the molecule is O=C(CN1CCCN(C(=O)c2cc3cc(F)ccc3[nH]2)CC1)OCc1ccccc1. The summed E-state index contributed by atoms with van der Waals surface area (Å²) in [5.41, 5.74) is 2.14. The highest BCUT2D eigenvalue weighted by molar-refractivity contribution is 5.98. The van der Waals surface area contributed by atoms with Crippen LogP contribution < -0.4 is 0 Å². The molecule has 7 heteroatoms. The van der Waals surface area contributed by atoms with Gasteiger partial charge in [-0.3, -0.25) is 14.5 Å². The Balaban J connectivity index is 1.30. The molecule has 1 aromatic heterocycles. The van der Waals surface area contributed by atoms with Crippen molar-refractivity contribution in [2.75, 3.05) is 32.7 Å². The molecule has 1 saturated heterocycles. The molecular formula is C23H24FN3O3. The fourth-order valence-corrected chi connectivity index (χ4v) is 3.69. The first kappa shape index (κ1) is 20.1. The third kappa shape index (κ3) is 4.86. The first-order valence-electron chi connectivity index (χ1n) is 10.1. The molecule has 3 aromatic rings. The minimum absolute atomic E-state index is 0.111. The van der Waals surface area contributed by atoms with E-state index in [1.54, 1.807) is 17.0 Å². The van der Waals surface area contributed by atoms with E-state index in [0.717, 1.165) is 24.0 Å². The predicted molar refractivity (Wildman–Crippen MR) is 111 cm³/mol. The van der Waals surface area contributed by atoms with Crippen molar-refractivity contribution in [3.8, 4) is 0 Å². The number of carbonyl (C=O) groups excluding carboxylic acids is 2. The molecule has 1 N–H and O–H groups in total. The van der Waals surface area contributed by atoms with Crippen LogP contribution in [0.1, 0.15) is 22.5 Å². The van der Waals surface area contributed by atoms with E-state index in [1.165, 1.54) is 12.1 Å². The number of benzene rings is 2. The van der Waals surface area contributed by atoms with Gasteiger partial charge < -0.3 is 14.6 Å². The molecule has 0 saturated carbocycles. The molecule has 0 bridgehead atoms. The monoisotopic (exact) mass is 409 g/mol. The molecule has 0 atom stereocenters. The van der Waals surface area contributed by atoms with Crippen LogP contribution in [0.2, 0.25) is 0 Å². The molecule has 1 fully saturated rings. The summed E-state index contributed by atoms with van der Waals surface area (Å²) >= 11 is 0. The highest BCUT2D eigenvalue weighted by Crippen LogP contribution is 2.18. The van der Waals surface area contributed by atoms with Crippen LogP contribution in [0.25, 0.3) is 10.9 Å². The van der Waals surface area contributed by atoms with Crippen molar-refractivity contribution in [1.29, 1.82) is 0 Å². The smallest absolute Gasteiger partial charge is 0.320 e. The second-order valence-electron chi connectivity index (χ2n) is 7.48. The van der Waals surface area contributed by atoms with Crippen LogP contribution in [0.4, 0.5) is 4.39 Å². The second kappa shape index (κ2) is 9.09. The Kier molecular flexibility index (Phi) is 6.09. The number of ether oxygens (including phenoxy) is 1. The Morgan fingerprint density at radius 1 is 1.00 bits per heavy atom. The number of halogens is 1. The summed E-state index contributed by atoms with van der Waals surface area (Å²) in [6, 6.07) is 15.7. The lowest BCUT2D eigenvalue weighted by Crippen LogP contribution is -2.37. The fourth-order valence-electron chi connectivity index (χ4n) is 3.69. The molecule has 1 amide bonds. The molecule has 0 radical (unpaired) electrons. The van der Waals surface area contributed by atoms with Crippen molar-refractivity contribution in [2.24, 2.45) is 0 Å². The first-order chi connectivity index (χ1) is 14.6. The van der Waals surface area contributed by atoms with Gasteiger partial charge >= 0.3 is 5.97 Å². The Morgan fingerprint density at radius 3 is 2.67 bits per heavy atom. The van der Waals surface area contributed by atoms with Gasteiger partial charge in [-0.1, -0.05) is 30.3 Å². The average molecular weight is 409 g/mol. The number of nitrogens with zero attached hydrogens (tertiary/aromatic N) is 2. The zero-order valence-corrected chi connectivity index (χ0v) is 16.6. The second-order valence-corrected chi connectivity index (χ2v) is 7.48.